The molecule has 0 aromatic heterocycles. The molecule has 41 heavy (non-hydrogen) atoms. The Morgan fingerprint density at radius 2 is 0.951 bits per heavy atom. The van der Waals surface area contributed by atoms with Gasteiger partial charge in [-0.15, -0.1) is 0 Å². The van der Waals surface area contributed by atoms with Crippen molar-refractivity contribution in [3.8, 4) is 0 Å². The highest BCUT2D eigenvalue weighted by atomic mass is 32.2. The van der Waals surface area contributed by atoms with E-state index >= 15 is 0 Å². The number of carbonyl (C=O) groups excluding carboxylic acids is 2. The van der Waals surface area contributed by atoms with Crippen molar-refractivity contribution in [2.45, 2.75) is 13.2 Å². The Morgan fingerprint density at radius 3 is 1.32 bits per heavy atom. The van der Waals surface area contributed by atoms with Crippen LogP contribution in [0.5, 0.6) is 0 Å². The maximum Gasteiger partial charge on any atom is 0.266 e. The molecule has 0 aliphatic rings. The number of nitrogens with zero attached hydrogens (tertiary/aromatic N) is 1. The minimum atomic E-state index is -4.16. The van der Waals surface area contributed by atoms with Crippen LogP contribution >= 0.6 is 0 Å². The van der Waals surface area contributed by atoms with Gasteiger partial charge < -0.3 is 9.47 Å². The third-order valence-corrected chi connectivity index (χ3v) is 6.95. The van der Waals surface area contributed by atoms with Crippen LogP contribution in [0.2, 0.25) is 0 Å². The van der Waals surface area contributed by atoms with Gasteiger partial charge in [0, 0.05) is 28.8 Å². The first kappa shape index (κ1) is 30.0. The monoisotopic (exact) mass is 573 g/mol. The van der Waals surface area contributed by atoms with Crippen molar-refractivity contribution in [2.24, 2.45) is 0 Å². The summed E-state index contributed by atoms with van der Waals surface area (Å²) < 4.78 is 43.3. The molecule has 4 rings (SSSR count). The van der Waals surface area contributed by atoms with Crippen LogP contribution in [0.1, 0.15) is 43.0 Å². The molecule has 0 atom stereocenters. The number of ether oxygens (including phenoxy) is 2. The zero-order chi connectivity index (χ0) is 29.1. The number of hydrogen-bond donors (Lipinski definition) is 1. The van der Waals surface area contributed by atoms with Crippen molar-refractivity contribution < 1.29 is 32.0 Å². The van der Waals surface area contributed by atoms with Crippen molar-refractivity contribution in [2.75, 3.05) is 25.8 Å². The molecule has 0 spiro atoms. The largest absolute Gasteiger partial charge is 0.361 e. The van der Waals surface area contributed by atoms with Gasteiger partial charge in [0.15, 0.2) is 11.6 Å². The van der Waals surface area contributed by atoms with E-state index in [9.17, 15) is 22.6 Å². The van der Waals surface area contributed by atoms with Crippen LogP contribution in [0.4, 0.5) is 0 Å². The molecule has 0 saturated carbocycles. The second-order valence-corrected chi connectivity index (χ2v) is 11.0. The number of carbonyl (C=O) groups is 2. The summed E-state index contributed by atoms with van der Waals surface area (Å²) in [6, 6.07) is 32.3. The molecular formula is C32H31NO7S. The molecule has 9 heteroatoms. The molecule has 0 aliphatic carbocycles. The summed E-state index contributed by atoms with van der Waals surface area (Å²) in [4.78, 5) is 26.8. The molecule has 212 valence electrons. The highest BCUT2D eigenvalue weighted by Gasteiger charge is 2.13. The van der Waals surface area contributed by atoms with Gasteiger partial charge in [-0.1, -0.05) is 109 Å². The van der Waals surface area contributed by atoms with Crippen molar-refractivity contribution in [3.05, 3.63) is 143 Å². The van der Waals surface area contributed by atoms with E-state index in [4.69, 9.17) is 9.47 Å². The van der Waals surface area contributed by atoms with Crippen molar-refractivity contribution in [1.29, 1.82) is 0 Å². The number of ketones is 2. The lowest BCUT2D eigenvalue weighted by molar-refractivity contribution is -0.0519. The predicted octanol–water partition coefficient (Wildman–Crippen LogP) is 4.99. The lowest BCUT2D eigenvalue weighted by Gasteiger charge is -2.21. The number of rotatable bonds is 15. The maximum atomic E-state index is 12.6. The fourth-order valence-corrected chi connectivity index (χ4v) is 4.50. The van der Waals surface area contributed by atoms with Crippen LogP contribution in [0, 0.1) is 0 Å². The first-order valence-electron chi connectivity index (χ1n) is 13.0. The summed E-state index contributed by atoms with van der Waals surface area (Å²) in [5, 5.41) is 0. The summed E-state index contributed by atoms with van der Waals surface area (Å²) in [6.45, 7) is 0.599. The molecule has 1 N–H and O–H groups in total. The third kappa shape index (κ3) is 9.56. The van der Waals surface area contributed by atoms with E-state index in [1.165, 1.54) is 0 Å². The minimum Gasteiger partial charge on any atom is -0.361 e. The first-order chi connectivity index (χ1) is 19.8. The molecule has 4 aromatic carbocycles. The van der Waals surface area contributed by atoms with Gasteiger partial charge in [0.1, 0.15) is 13.5 Å². The Balaban J connectivity index is 1.27. The molecule has 0 unspecified atom stereocenters. The lowest BCUT2D eigenvalue weighted by Crippen LogP contribution is -2.33. The predicted molar refractivity (Wildman–Crippen MR) is 155 cm³/mol. The SMILES string of the molecule is O=C(c1ccccc1)c1ccc(COCN(CCS(=O)(=O)O)COCc2ccc(C(=O)c3ccccc3)cc2)cc1. The Morgan fingerprint density at radius 1 is 0.585 bits per heavy atom. The Bertz CT molecular complexity index is 1420. The quantitative estimate of drug-likeness (QED) is 0.120. The van der Waals surface area contributed by atoms with Crippen LogP contribution in [0.3, 0.4) is 0 Å². The van der Waals surface area contributed by atoms with Gasteiger partial charge in [0.25, 0.3) is 10.1 Å². The van der Waals surface area contributed by atoms with E-state index in [2.05, 4.69) is 0 Å². The third-order valence-electron chi connectivity index (χ3n) is 6.25. The van der Waals surface area contributed by atoms with Crippen molar-refractivity contribution in [1.82, 2.24) is 4.90 Å². The average Bonchev–Trinajstić information content (AvgIpc) is 3.00. The summed E-state index contributed by atoms with van der Waals surface area (Å²) in [5.74, 6) is -0.597. The molecule has 0 aliphatic heterocycles. The molecule has 4 aromatic rings. The van der Waals surface area contributed by atoms with Gasteiger partial charge in [-0.25, -0.2) is 0 Å². The summed E-state index contributed by atoms with van der Waals surface area (Å²) in [7, 11) is -4.16. The second kappa shape index (κ2) is 14.6. The minimum absolute atomic E-state index is 0.00780. The normalized spacial score (nSPS) is 11.5. The summed E-state index contributed by atoms with van der Waals surface area (Å²) >= 11 is 0. The fourth-order valence-electron chi connectivity index (χ4n) is 4.01. The maximum absolute atomic E-state index is 12.6. The summed E-state index contributed by atoms with van der Waals surface area (Å²) in [5.41, 5.74) is 4.05. The molecule has 8 nitrogen and oxygen atoms in total. The number of hydrogen-bond acceptors (Lipinski definition) is 7. The zero-order valence-electron chi connectivity index (χ0n) is 22.4. The van der Waals surface area contributed by atoms with Gasteiger partial charge in [-0.05, 0) is 11.1 Å². The molecule has 0 saturated heterocycles. The Kier molecular flexibility index (Phi) is 10.7. The molecular weight excluding hydrogens is 542 g/mol. The fraction of sp³-hybridized carbons (Fsp3) is 0.188. The second-order valence-electron chi connectivity index (χ2n) is 9.42. The van der Waals surface area contributed by atoms with Crippen LogP contribution in [0.25, 0.3) is 0 Å². The van der Waals surface area contributed by atoms with Crippen LogP contribution in [-0.4, -0.2) is 55.2 Å². The average molecular weight is 574 g/mol. The Labute approximate surface area is 239 Å². The molecule has 0 fully saturated rings. The van der Waals surface area contributed by atoms with Gasteiger partial charge >= 0.3 is 0 Å². The van der Waals surface area contributed by atoms with Crippen LogP contribution in [0.15, 0.2) is 109 Å². The van der Waals surface area contributed by atoms with Gasteiger partial charge in [0.2, 0.25) is 0 Å². The van der Waals surface area contributed by atoms with Gasteiger partial charge in [-0.2, -0.15) is 8.42 Å². The molecule has 0 heterocycles. The van der Waals surface area contributed by atoms with E-state index in [1.54, 1.807) is 77.7 Å². The number of benzene rings is 4. The molecule has 0 amide bonds. The van der Waals surface area contributed by atoms with E-state index in [1.807, 2.05) is 36.4 Å². The van der Waals surface area contributed by atoms with Crippen molar-refractivity contribution in [3.63, 3.8) is 0 Å². The van der Waals surface area contributed by atoms with E-state index in [0.717, 1.165) is 11.1 Å². The highest BCUT2D eigenvalue weighted by molar-refractivity contribution is 7.85. The smallest absolute Gasteiger partial charge is 0.266 e. The van der Waals surface area contributed by atoms with Gasteiger partial charge in [-0.3, -0.25) is 19.0 Å². The van der Waals surface area contributed by atoms with E-state index in [0.29, 0.717) is 22.3 Å². The topological polar surface area (TPSA) is 110 Å². The highest BCUT2D eigenvalue weighted by Crippen LogP contribution is 2.14. The van der Waals surface area contributed by atoms with Crippen LogP contribution in [-0.2, 0) is 32.8 Å². The van der Waals surface area contributed by atoms with Crippen LogP contribution < -0.4 is 0 Å². The van der Waals surface area contributed by atoms with E-state index in [-0.39, 0.29) is 44.8 Å². The zero-order valence-corrected chi connectivity index (χ0v) is 23.2. The lowest BCUT2D eigenvalue weighted by atomic mass is 10.0. The standard InChI is InChI=1S/C32H31NO7S/c34-31(27-7-3-1-4-8-27)29-15-11-25(12-16-29)21-39-23-33(19-20-41(36,37)38)24-40-22-26-13-17-30(18-14-26)32(35)28-9-5-2-6-10-28/h1-18H,19-24H2,(H,36,37,38). The van der Waals surface area contributed by atoms with Crippen molar-refractivity contribution >= 4 is 21.7 Å². The van der Waals surface area contributed by atoms with Gasteiger partial charge in [0.05, 0.1) is 19.0 Å². The van der Waals surface area contributed by atoms with E-state index < -0.39 is 15.9 Å². The molecule has 0 radical (unpaired) electrons. The molecule has 0 bridgehead atoms. The Hall–Kier alpha value is -3.99. The summed E-state index contributed by atoms with van der Waals surface area (Å²) in [6.07, 6.45) is 0. The first-order valence-corrected chi connectivity index (χ1v) is 14.6.